The Morgan fingerprint density at radius 1 is 1.42 bits per heavy atom. The third-order valence-corrected chi connectivity index (χ3v) is 3.79. The standard InChI is InChI=1S/C14H24N4O/c1-15-9-8-14(19)16-13-10-12(17-18(13)2)11-6-4-3-5-7-11/h10-11,15H,3-9H2,1-2H3,(H,16,19). The minimum Gasteiger partial charge on any atom is -0.319 e. The Balaban J connectivity index is 1.97. The van der Waals surface area contributed by atoms with E-state index in [0.29, 0.717) is 18.9 Å². The summed E-state index contributed by atoms with van der Waals surface area (Å²) in [7, 11) is 3.73. The van der Waals surface area contributed by atoms with Gasteiger partial charge in [0, 0.05) is 32.0 Å². The molecule has 19 heavy (non-hydrogen) atoms. The summed E-state index contributed by atoms with van der Waals surface area (Å²) in [4.78, 5) is 11.7. The van der Waals surface area contributed by atoms with E-state index >= 15 is 0 Å². The Labute approximate surface area is 114 Å². The molecule has 0 spiro atoms. The first-order chi connectivity index (χ1) is 9.20. The fourth-order valence-corrected chi connectivity index (χ4v) is 2.65. The van der Waals surface area contributed by atoms with Crippen molar-refractivity contribution >= 4 is 11.7 Å². The number of nitrogens with zero attached hydrogens (tertiary/aromatic N) is 2. The van der Waals surface area contributed by atoms with E-state index < -0.39 is 0 Å². The first-order valence-electron chi connectivity index (χ1n) is 7.19. The molecule has 106 valence electrons. The normalized spacial score (nSPS) is 16.5. The Hall–Kier alpha value is -1.36. The van der Waals surface area contributed by atoms with Crippen LogP contribution in [-0.4, -0.2) is 29.3 Å². The van der Waals surface area contributed by atoms with E-state index in [2.05, 4.69) is 15.7 Å². The summed E-state index contributed by atoms with van der Waals surface area (Å²) in [5, 5.41) is 10.5. The summed E-state index contributed by atoms with van der Waals surface area (Å²) in [5.74, 6) is 1.41. The van der Waals surface area contributed by atoms with Crippen LogP contribution in [0.5, 0.6) is 0 Å². The second kappa shape index (κ2) is 6.70. The molecule has 0 radical (unpaired) electrons. The first-order valence-corrected chi connectivity index (χ1v) is 7.19. The van der Waals surface area contributed by atoms with Crippen molar-refractivity contribution in [3.63, 3.8) is 0 Å². The molecule has 1 amide bonds. The van der Waals surface area contributed by atoms with Crippen LogP contribution in [-0.2, 0) is 11.8 Å². The molecule has 0 bridgehead atoms. The van der Waals surface area contributed by atoms with Gasteiger partial charge in [-0.15, -0.1) is 0 Å². The van der Waals surface area contributed by atoms with Gasteiger partial charge in [-0.1, -0.05) is 19.3 Å². The van der Waals surface area contributed by atoms with E-state index in [0.717, 1.165) is 11.5 Å². The van der Waals surface area contributed by atoms with Crippen LogP contribution in [0.25, 0.3) is 0 Å². The van der Waals surface area contributed by atoms with Gasteiger partial charge in [0.2, 0.25) is 5.91 Å². The van der Waals surface area contributed by atoms with Crippen LogP contribution in [0, 0.1) is 0 Å². The fraction of sp³-hybridized carbons (Fsp3) is 0.714. The molecule has 2 N–H and O–H groups in total. The Morgan fingerprint density at radius 3 is 2.84 bits per heavy atom. The molecule has 1 fully saturated rings. The van der Waals surface area contributed by atoms with Crippen LogP contribution < -0.4 is 10.6 Å². The molecule has 1 aliphatic carbocycles. The number of rotatable bonds is 5. The van der Waals surface area contributed by atoms with E-state index in [1.54, 1.807) is 4.68 Å². The average molecular weight is 264 g/mol. The third-order valence-electron chi connectivity index (χ3n) is 3.79. The van der Waals surface area contributed by atoms with Gasteiger partial charge in [0.25, 0.3) is 0 Å². The summed E-state index contributed by atoms with van der Waals surface area (Å²) in [6.45, 7) is 0.694. The molecular weight excluding hydrogens is 240 g/mol. The number of amides is 1. The summed E-state index contributed by atoms with van der Waals surface area (Å²) < 4.78 is 1.78. The molecule has 1 aliphatic rings. The number of anilines is 1. The van der Waals surface area contributed by atoms with Crippen molar-refractivity contribution < 1.29 is 4.79 Å². The average Bonchev–Trinajstić information content (AvgIpc) is 2.79. The van der Waals surface area contributed by atoms with Gasteiger partial charge < -0.3 is 10.6 Å². The topological polar surface area (TPSA) is 59.0 Å². The lowest BCUT2D eigenvalue weighted by molar-refractivity contribution is -0.116. The molecule has 2 rings (SSSR count). The van der Waals surface area contributed by atoms with Crippen molar-refractivity contribution in [2.24, 2.45) is 7.05 Å². The fourth-order valence-electron chi connectivity index (χ4n) is 2.65. The molecule has 0 atom stereocenters. The zero-order valence-corrected chi connectivity index (χ0v) is 11.9. The molecule has 1 saturated carbocycles. The quantitative estimate of drug-likeness (QED) is 0.855. The van der Waals surface area contributed by atoms with Crippen LogP contribution in [0.2, 0.25) is 0 Å². The molecule has 5 nitrogen and oxygen atoms in total. The number of hydrogen-bond acceptors (Lipinski definition) is 3. The number of hydrogen-bond donors (Lipinski definition) is 2. The largest absolute Gasteiger partial charge is 0.319 e. The highest BCUT2D eigenvalue weighted by molar-refractivity contribution is 5.90. The maximum absolute atomic E-state index is 11.7. The SMILES string of the molecule is CNCCC(=O)Nc1cc(C2CCCCC2)nn1C. The van der Waals surface area contributed by atoms with Crippen molar-refractivity contribution in [3.8, 4) is 0 Å². The summed E-state index contributed by atoms with van der Waals surface area (Å²) in [6.07, 6.45) is 6.88. The minimum absolute atomic E-state index is 0.0348. The smallest absolute Gasteiger partial charge is 0.226 e. The van der Waals surface area contributed by atoms with E-state index in [4.69, 9.17) is 0 Å². The number of nitrogens with one attached hydrogen (secondary N) is 2. The second-order valence-corrected chi connectivity index (χ2v) is 5.31. The summed E-state index contributed by atoms with van der Waals surface area (Å²) in [6, 6.07) is 2.03. The maximum atomic E-state index is 11.7. The molecule has 1 aromatic heterocycles. The van der Waals surface area contributed by atoms with Gasteiger partial charge in [-0.05, 0) is 19.9 Å². The Kier molecular flexibility index (Phi) is 4.96. The maximum Gasteiger partial charge on any atom is 0.226 e. The van der Waals surface area contributed by atoms with Crippen LogP contribution >= 0.6 is 0 Å². The van der Waals surface area contributed by atoms with E-state index in [9.17, 15) is 4.79 Å². The first kappa shape index (κ1) is 14.1. The van der Waals surface area contributed by atoms with Crippen molar-refractivity contribution in [2.75, 3.05) is 18.9 Å². The van der Waals surface area contributed by atoms with Gasteiger partial charge in [0.05, 0.1) is 5.69 Å². The lowest BCUT2D eigenvalue weighted by atomic mass is 9.87. The number of carbonyl (C=O) groups excluding carboxylic acids is 1. The van der Waals surface area contributed by atoms with Gasteiger partial charge in [-0.2, -0.15) is 5.10 Å². The van der Waals surface area contributed by atoms with Crippen LogP contribution in [0.15, 0.2) is 6.07 Å². The number of aromatic nitrogens is 2. The monoisotopic (exact) mass is 264 g/mol. The lowest BCUT2D eigenvalue weighted by Gasteiger charge is -2.19. The van der Waals surface area contributed by atoms with E-state index in [1.807, 2.05) is 20.2 Å². The highest BCUT2D eigenvalue weighted by Crippen LogP contribution is 2.32. The minimum atomic E-state index is 0.0348. The van der Waals surface area contributed by atoms with Crippen molar-refractivity contribution in [2.45, 2.75) is 44.4 Å². The molecule has 0 unspecified atom stereocenters. The molecule has 1 aromatic rings. The highest BCUT2D eigenvalue weighted by atomic mass is 16.1. The van der Waals surface area contributed by atoms with Crippen molar-refractivity contribution in [3.05, 3.63) is 11.8 Å². The second-order valence-electron chi connectivity index (χ2n) is 5.31. The van der Waals surface area contributed by atoms with Gasteiger partial charge in [-0.3, -0.25) is 9.48 Å². The van der Waals surface area contributed by atoms with E-state index in [-0.39, 0.29) is 5.91 Å². The number of aryl methyl sites for hydroxylation is 1. The molecule has 0 aromatic carbocycles. The van der Waals surface area contributed by atoms with Gasteiger partial charge in [0.1, 0.15) is 5.82 Å². The zero-order valence-electron chi connectivity index (χ0n) is 11.9. The van der Waals surface area contributed by atoms with Crippen molar-refractivity contribution in [1.82, 2.24) is 15.1 Å². The third kappa shape index (κ3) is 3.80. The predicted octanol–water partition coefficient (Wildman–Crippen LogP) is 2.02. The zero-order chi connectivity index (χ0) is 13.7. The Bertz CT molecular complexity index is 421. The molecule has 1 heterocycles. The lowest BCUT2D eigenvalue weighted by Crippen LogP contribution is -2.19. The molecule has 0 saturated heterocycles. The molecule has 5 heteroatoms. The summed E-state index contributed by atoms with van der Waals surface area (Å²) >= 11 is 0. The predicted molar refractivity (Wildman–Crippen MR) is 76.2 cm³/mol. The highest BCUT2D eigenvalue weighted by Gasteiger charge is 2.19. The molecular formula is C14H24N4O. The van der Waals surface area contributed by atoms with E-state index in [1.165, 1.54) is 32.1 Å². The summed E-state index contributed by atoms with van der Waals surface area (Å²) in [5.41, 5.74) is 1.13. The number of carbonyl (C=O) groups is 1. The van der Waals surface area contributed by atoms with Gasteiger partial charge in [-0.25, -0.2) is 0 Å². The van der Waals surface area contributed by atoms with Crippen molar-refractivity contribution in [1.29, 1.82) is 0 Å². The van der Waals surface area contributed by atoms with Gasteiger partial charge >= 0.3 is 0 Å². The molecule has 0 aliphatic heterocycles. The van der Waals surface area contributed by atoms with Crippen LogP contribution in [0.4, 0.5) is 5.82 Å². The van der Waals surface area contributed by atoms with Gasteiger partial charge in [0.15, 0.2) is 0 Å². The van der Waals surface area contributed by atoms with Crippen LogP contribution in [0.1, 0.15) is 50.1 Å². The Morgan fingerprint density at radius 2 is 2.16 bits per heavy atom. The van der Waals surface area contributed by atoms with Crippen LogP contribution in [0.3, 0.4) is 0 Å².